The molecule has 0 bridgehead atoms. The van der Waals surface area contributed by atoms with Crippen LogP contribution in [0, 0.1) is 5.41 Å². The summed E-state index contributed by atoms with van der Waals surface area (Å²) in [7, 11) is 0. The van der Waals surface area contributed by atoms with Crippen LogP contribution >= 0.6 is 0 Å². The third kappa shape index (κ3) is 5.99. The molecule has 0 amide bonds. The third-order valence-corrected chi connectivity index (χ3v) is 5.28. The van der Waals surface area contributed by atoms with Crippen LogP contribution in [0.25, 0.3) is 0 Å². The summed E-state index contributed by atoms with van der Waals surface area (Å²) in [5.74, 6) is 0. The zero-order valence-corrected chi connectivity index (χ0v) is 16.3. The van der Waals surface area contributed by atoms with E-state index < -0.39 is 5.67 Å². The first-order chi connectivity index (χ1) is 10.5. The lowest BCUT2D eigenvalue weighted by Gasteiger charge is -2.45. The molecule has 2 rings (SSSR count). The van der Waals surface area contributed by atoms with Crippen molar-refractivity contribution in [3.63, 3.8) is 0 Å². The highest BCUT2D eigenvalue weighted by atomic mass is 19.1. The molecule has 0 unspecified atom stereocenters. The van der Waals surface area contributed by atoms with Crippen molar-refractivity contribution in [1.82, 2.24) is 14.7 Å². The van der Waals surface area contributed by atoms with Crippen LogP contribution < -0.4 is 0 Å². The van der Waals surface area contributed by atoms with E-state index in [4.69, 9.17) is 0 Å². The molecule has 0 N–H and O–H groups in total. The standard InChI is InChI=1S/C19H38FN3/c1-17(2,3)15-21-9-7-19(20,8-10-21)16-22-11-13-23(14-12-22)18(4,5)6/h7-16H2,1-6H3. The van der Waals surface area contributed by atoms with Crippen molar-refractivity contribution in [3.05, 3.63) is 0 Å². The van der Waals surface area contributed by atoms with E-state index in [0.717, 1.165) is 45.8 Å². The smallest absolute Gasteiger partial charge is 0.126 e. The third-order valence-electron chi connectivity index (χ3n) is 5.28. The number of piperazine rings is 1. The van der Waals surface area contributed by atoms with Crippen LogP contribution in [-0.4, -0.2) is 78.3 Å². The maximum atomic E-state index is 15.2. The molecule has 0 aromatic carbocycles. The van der Waals surface area contributed by atoms with Gasteiger partial charge in [0.05, 0.1) is 0 Å². The van der Waals surface area contributed by atoms with Crippen LogP contribution in [0.5, 0.6) is 0 Å². The lowest BCUT2D eigenvalue weighted by atomic mass is 9.89. The van der Waals surface area contributed by atoms with Gasteiger partial charge in [0.25, 0.3) is 0 Å². The van der Waals surface area contributed by atoms with Gasteiger partial charge in [-0.2, -0.15) is 0 Å². The fourth-order valence-corrected chi connectivity index (χ4v) is 3.92. The summed E-state index contributed by atoms with van der Waals surface area (Å²) >= 11 is 0. The Morgan fingerprint density at radius 3 is 1.74 bits per heavy atom. The van der Waals surface area contributed by atoms with Crippen molar-refractivity contribution in [2.75, 3.05) is 52.4 Å². The Balaban J connectivity index is 1.76. The fourth-order valence-electron chi connectivity index (χ4n) is 3.92. The SMILES string of the molecule is CC(C)(C)CN1CCC(F)(CN2CCN(C(C)(C)C)CC2)CC1. The minimum atomic E-state index is -0.974. The molecule has 2 saturated heterocycles. The van der Waals surface area contributed by atoms with Crippen LogP contribution in [0.15, 0.2) is 0 Å². The molecule has 0 saturated carbocycles. The lowest BCUT2D eigenvalue weighted by Crippen LogP contribution is -2.57. The van der Waals surface area contributed by atoms with E-state index in [-0.39, 0.29) is 5.54 Å². The quantitative estimate of drug-likeness (QED) is 0.788. The molecule has 2 fully saturated rings. The Morgan fingerprint density at radius 1 is 0.783 bits per heavy atom. The molecule has 23 heavy (non-hydrogen) atoms. The molecular formula is C19H38FN3. The van der Waals surface area contributed by atoms with Crippen molar-refractivity contribution >= 4 is 0 Å². The van der Waals surface area contributed by atoms with Gasteiger partial charge in [0.15, 0.2) is 0 Å². The lowest BCUT2D eigenvalue weighted by molar-refractivity contribution is -0.00782. The van der Waals surface area contributed by atoms with Crippen molar-refractivity contribution < 1.29 is 4.39 Å². The molecule has 0 spiro atoms. The zero-order valence-electron chi connectivity index (χ0n) is 16.3. The monoisotopic (exact) mass is 327 g/mol. The first-order valence-corrected chi connectivity index (χ1v) is 9.36. The van der Waals surface area contributed by atoms with Crippen LogP contribution in [0.1, 0.15) is 54.4 Å². The average molecular weight is 328 g/mol. The molecule has 0 aromatic rings. The fraction of sp³-hybridized carbons (Fsp3) is 1.00. The molecule has 0 radical (unpaired) electrons. The molecule has 4 heteroatoms. The molecule has 0 atom stereocenters. The van der Waals surface area contributed by atoms with Crippen molar-refractivity contribution in [1.29, 1.82) is 0 Å². The number of piperidine rings is 1. The van der Waals surface area contributed by atoms with Gasteiger partial charge < -0.3 is 4.90 Å². The van der Waals surface area contributed by atoms with E-state index in [1.807, 2.05) is 0 Å². The summed E-state index contributed by atoms with van der Waals surface area (Å²) in [4.78, 5) is 7.30. The van der Waals surface area contributed by atoms with Crippen molar-refractivity contribution in [2.45, 2.75) is 65.6 Å². The van der Waals surface area contributed by atoms with Gasteiger partial charge in [0.1, 0.15) is 5.67 Å². The summed E-state index contributed by atoms with van der Waals surface area (Å²) in [6.45, 7) is 21.3. The number of halogens is 1. The van der Waals surface area contributed by atoms with Gasteiger partial charge in [-0.3, -0.25) is 9.80 Å². The molecular weight excluding hydrogens is 289 g/mol. The number of alkyl halides is 1. The second-order valence-electron chi connectivity index (χ2n) is 9.92. The maximum absolute atomic E-state index is 15.2. The summed E-state index contributed by atoms with van der Waals surface area (Å²) in [5, 5.41) is 0. The van der Waals surface area contributed by atoms with Gasteiger partial charge in [-0.1, -0.05) is 20.8 Å². The Labute approximate surface area is 143 Å². The maximum Gasteiger partial charge on any atom is 0.126 e. The van der Waals surface area contributed by atoms with Crippen LogP contribution in [0.4, 0.5) is 4.39 Å². The number of likely N-dealkylation sites (tertiary alicyclic amines) is 1. The highest BCUT2D eigenvalue weighted by molar-refractivity contribution is 4.92. The van der Waals surface area contributed by atoms with E-state index in [1.54, 1.807) is 0 Å². The van der Waals surface area contributed by atoms with Gasteiger partial charge in [0.2, 0.25) is 0 Å². The Hall–Kier alpha value is -0.190. The normalized spacial score (nSPS) is 25.7. The predicted octanol–water partition coefficient (Wildman–Crippen LogP) is 3.25. The van der Waals surface area contributed by atoms with Crippen molar-refractivity contribution in [3.8, 4) is 0 Å². The average Bonchev–Trinajstić information content (AvgIpc) is 2.40. The molecule has 3 nitrogen and oxygen atoms in total. The minimum absolute atomic E-state index is 0.234. The first kappa shape index (κ1) is 19.1. The Morgan fingerprint density at radius 2 is 1.30 bits per heavy atom. The van der Waals surface area contributed by atoms with Gasteiger partial charge >= 0.3 is 0 Å². The van der Waals surface area contributed by atoms with Gasteiger partial charge in [-0.25, -0.2) is 4.39 Å². The molecule has 0 aliphatic carbocycles. The van der Waals surface area contributed by atoms with Gasteiger partial charge in [0, 0.05) is 57.9 Å². The highest BCUT2D eigenvalue weighted by Crippen LogP contribution is 2.30. The predicted molar refractivity (Wildman–Crippen MR) is 96.7 cm³/mol. The second-order valence-corrected chi connectivity index (χ2v) is 9.92. The summed E-state index contributed by atoms with van der Waals surface area (Å²) in [5.41, 5.74) is -0.435. The highest BCUT2D eigenvalue weighted by Gasteiger charge is 2.38. The first-order valence-electron chi connectivity index (χ1n) is 9.36. The van der Waals surface area contributed by atoms with Crippen LogP contribution in [0.2, 0.25) is 0 Å². The van der Waals surface area contributed by atoms with Gasteiger partial charge in [-0.05, 0) is 39.0 Å². The summed E-state index contributed by atoms with van der Waals surface area (Å²) < 4.78 is 15.2. The Bertz CT molecular complexity index is 367. The number of rotatable bonds is 3. The number of hydrogen-bond donors (Lipinski definition) is 0. The van der Waals surface area contributed by atoms with Crippen LogP contribution in [-0.2, 0) is 0 Å². The molecule has 136 valence electrons. The van der Waals surface area contributed by atoms with E-state index in [9.17, 15) is 0 Å². The van der Waals surface area contributed by atoms with E-state index in [1.165, 1.54) is 0 Å². The second kappa shape index (κ2) is 6.97. The Kier molecular flexibility index (Phi) is 5.80. The van der Waals surface area contributed by atoms with Crippen LogP contribution in [0.3, 0.4) is 0 Å². The summed E-state index contributed by atoms with van der Waals surface area (Å²) in [6.07, 6.45) is 1.39. The van der Waals surface area contributed by atoms with E-state index in [0.29, 0.717) is 24.8 Å². The molecule has 0 aromatic heterocycles. The summed E-state index contributed by atoms with van der Waals surface area (Å²) in [6, 6.07) is 0. The van der Waals surface area contributed by atoms with E-state index >= 15 is 4.39 Å². The van der Waals surface area contributed by atoms with E-state index in [2.05, 4.69) is 56.2 Å². The largest absolute Gasteiger partial charge is 0.303 e. The topological polar surface area (TPSA) is 9.72 Å². The molecule has 2 aliphatic rings. The number of nitrogens with zero attached hydrogens (tertiary/aromatic N) is 3. The molecule has 2 heterocycles. The molecule has 2 aliphatic heterocycles. The van der Waals surface area contributed by atoms with Gasteiger partial charge in [-0.15, -0.1) is 0 Å². The zero-order chi connectivity index (χ0) is 17.3. The minimum Gasteiger partial charge on any atom is -0.303 e. The number of hydrogen-bond acceptors (Lipinski definition) is 3. The van der Waals surface area contributed by atoms with Crippen molar-refractivity contribution in [2.24, 2.45) is 5.41 Å².